The van der Waals surface area contributed by atoms with E-state index in [1.807, 2.05) is 6.07 Å². The normalized spacial score (nSPS) is 26.1. The molecule has 3 aromatic rings. The van der Waals surface area contributed by atoms with E-state index in [1.54, 1.807) is 18.4 Å². The second-order valence-corrected chi connectivity index (χ2v) is 9.09. The number of aromatic nitrogens is 1. The molecule has 2 aliphatic carbocycles. The molecule has 0 radical (unpaired) electrons. The summed E-state index contributed by atoms with van der Waals surface area (Å²) in [4.78, 5) is 4.88. The Bertz CT molecular complexity index is 971. The predicted octanol–water partition coefficient (Wildman–Crippen LogP) is 4.98. The fourth-order valence-electron chi connectivity index (χ4n) is 5.16. The maximum atomic E-state index is 5.36. The van der Waals surface area contributed by atoms with Crippen LogP contribution in [0, 0.1) is 18.8 Å². The first-order chi connectivity index (χ1) is 13.7. The number of aryl methyl sites for hydroxylation is 1. The summed E-state index contributed by atoms with van der Waals surface area (Å²) in [5.41, 5.74) is 3.67. The van der Waals surface area contributed by atoms with E-state index in [1.165, 1.54) is 30.4 Å². The van der Waals surface area contributed by atoms with Gasteiger partial charge in [0.15, 0.2) is 0 Å². The Kier molecular flexibility index (Phi) is 4.73. The molecule has 0 aliphatic heterocycles. The lowest BCUT2D eigenvalue weighted by molar-refractivity contribution is 0.327. The van der Waals surface area contributed by atoms with E-state index in [2.05, 4.69) is 52.6 Å². The minimum atomic E-state index is 0.515. The van der Waals surface area contributed by atoms with Crippen LogP contribution in [-0.4, -0.2) is 24.2 Å². The van der Waals surface area contributed by atoms with Crippen molar-refractivity contribution >= 4 is 28.1 Å². The number of hydrogen-bond donors (Lipinski definition) is 2. The Morgan fingerprint density at radius 3 is 2.82 bits per heavy atom. The lowest BCUT2D eigenvalue weighted by Crippen LogP contribution is -2.42. The minimum Gasteiger partial charge on any atom is -0.497 e. The molecule has 0 saturated heterocycles. The molecule has 0 amide bonds. The van der Waals surface area contributed by atoms with Gasteiger partial charge < -0.3 is 15.4 Å². The van der Waals surface area contributed by atoms with Crippen LogP contribution in [-0.2, 0) is 6.54 Å². The van der Waals surface area contributed by atoms with E-state index in [0.29, 0.717) is 18.0 Å². The lowest BCUT2D eigenvalue weighted by Gasteiger charge is -2.31. The van der Waals surface area contributed by atoms with Gasteiger partial charge in [0, 0.05) is 24.0 Å². The number of nitrogens with zero attached hydrogens (tertiary/aromatic N) is 1. The van der Waals surface area contributed by atoms with Crippen molar-refractivity contribution in [3.63, 3.8) is 0 Å². The van der Waals surface area contributed by atoms with Crippen LogP contribution in [0.5, 0.6) is 5.75 Å². The summed E-state index contributed by atoms with van der Waals surface area (Å²) in [5.74, 6) is 3.42. The zero-order chi connectivity index (χ0) is 19.1. The number of thiophene rings is 1. The third-order valence-corrected chi connectivity index (χ3v) is 7.25. The molecule has 2 saturated carbocycles. The van der Waals surface area contributed by atoms with E-state index in [4.69, 9.17) is 9.72 Å². The molecule has 4 nitrogen and oxygen atoms in total. The molecule has 0 spiro atoms. The Morgan fingerprint density at radius 2 is 2.04 bits per heavy atom. The molecule has 5 heteroatoms. The van der Waals surface area contributed by atoms with Crippen LogP contribution in [0.1, 0.15) is 30.4 Å². The van der Waals surface area contributed by atoms with Crippen molar-refractivity contribution in [1.29, 1.82) is 0 Å². The molecule has 2 bridgehead atoms. The highest BCUT2D eigenvalue weighted by Gasteiger charge is 2.46. The first-order valence-corrected chi connectivity index (χ1v) is 11.1. The van der Waals surface area contributed by atoms with Crippen molar-refractivity contribution in [3.05, 3.63) is 52.2 Å². The van der Waals surface area contributed by atoms with Gasteiger partial charge >= 0.3 is 0 Å². The number of pyridine rings is 1. The number of benzene rings is 1. The number of ether oxygens (including phenoxy) is 1. The van der Waals surface area contributed by atoms with Crippen molar-refractivity contribution in [2.24, 2.45) is 11.8 Å². The predicted molar refractivity (Wildman–Crippen MR) is 116 cm³/mol. The quantitative estimate of drug-likeness (QED) is 0.620. The van der Waals surface area contributed by atoms with Crippen LogP contribution in [0.2, 0.25) is 0 Å². The summed E-state index contributed by atoms with van der Waals surface area (Å²) in [6, 6.07) is 11.6. The topological polar surface area (TPSA) is 46.2 Å². The average Bonchev–Trinajstić information content (AvgIpc) is 3.43. The summed E-state index contributed by atoms with van der Waals surface area (Å²) < 4.78 is 5.36. The van der Waals surface area contributed by atoms with E-state index in [-0.39, 0.29) is 0 Å². The fraction of sp³-hybridized carbons (Fsp3) is 0.435. The monoisotopic (exact) mass is 393 g/mol. The number of anilines is 1. The largest absolute Gasteiger partial charge is 0.497 e. The van der Waals surface area contributed by atoms with Crippen molar-refractivity contribution in [2.45, 2.75) is 44.8 Å². The van der Waals surface area contributed by atoms with Crippen molar-refractivity contribution in [3.8, 4) is 5.75 Å². The highest BCUT2D eigenvalue weighted by Crippen LogP contribution is 2.46. The molecule has 0 unspecified atom stereocenters. The van der Waals surface area contributed by atoms with Gasteiger partial charge in [0.1, 0.15) is 11.6 Å². The molecule has 1 aromatic carbocycles. The maximum Gasteiger partial charge on any atom is 0.127 e. The van der Waals surface area contributed by atoms with E-state index in [0.717, 1.165) is 34.9 Å². The van der Waals surface area contributed by atoms with E-state index in [9.17, 15) is 0 Å². The van der Waals surface area contributed by atoms with Gasteiger partial charge in [-0.2, -0.15) is 11.3 Å². The van der Waals surface area contributed by atoms with Gasteiger partial charge in [-0.1, -0.05) is 0 Å². The summed E-state index contributed by atoms with van der Waals surface area (Å²) in [6.45, 7) is 3.14. The van der Waals surface area contributed by atoms with Crippen LogP contribution >= 0.6 is 11.3 Å². The molecule has 28 heavy (non-hydrogen) atoms. The third kappa shape index (κ3) is 3.38. The number of methoxy groups -OCH3 is 1. The van der Waals surface area contributed by atoms with Gasteiger partial charge in [-0.25, -0.2) is 4.98 Å². The summed E-state index contributed by atoms with van der Waals surface area (Å²) in [6.07, 6.45) is 3.92. The molecule has 2 N–H and O–H groups in total. The van der Waals surface area contributed by atoms with Gasteiger partial charge in [0.25, 0.3) is 0 Å². The average molecular weight is 394 g/mol. The van der Waals surface area contributed by atoms with Crippen molar-refractivity contribution in [1.82, 2.24) is 10.3 Å². The SMILES string of the molecule is COc1ccc2nc(N[C@H]3C[C@H]4C[C@@H]3[C@@H](NCc3ccsc3)C4)cc(C)c2c1. The van der Waals surface area contributed by atoms with Crippen LogP contribution < -0.4 is 15.4 Å². The minimum absolute atomic E-state index is 0.515. The second-order valence-electron chi connectivity index (χ2n) is 8.31. The first kappa shape index (κ1) is 18.0. The highest BCUT2D eigenvalue weighted by molar-refractivity contribution is 7.07. The Hall–Kier alpha value is -2.11. The number of rotatable bonds is 6. The molecular formula is C23H27N3OS. The molecule has 2 fully saturated rings. The third-order valence-electron chi connectivity index (χ3n) is 6.52. The van der Waals surface area contributed by atoms with Gasteiger partial charge in [0.05, 0.1) is 12.6 Å². The lowest BCUT2D eigenvalue weighted by atomic mass is 9.90. The Labute approximate surface area is 170 Å². The number of fused-ring (bicyclic) bond motifs is 3. The fourth-order valence-corrected chi connectivity index (χ4v) is 5.83. The summed E-state index contributed by atoms with van der Waals surface area (Å²) in [7, 11) is 1.71. The van der Waals surface area contributed by atoms with Crippen LogP contribution in [0.15, 0.2) is 41.1 Å². The molecule has 5 rings (SSSR count). The van der Waals surface area contributed by atoms with Gasteiger partial charge in [0.2, 0.25) is 0 Å². The summed E-state index contributed by atoms with van der Waals surface area (Å²) in [5, 5.41) is 13.2. The molecule has 4 atom stereocenters. The number of nitrogens with one attached hydrogen (secondary N) is 2. The number of hydrogen-bond acceptors (Lipinski definition) is 5. The maximum absolute atomic E-state index is 5.36. The van der Waals surface area contributed by atoms with Gasteiger partial charge in [-0.05, 0) is 90.2 Å². The summed E-state index contributed by atoms with van der Waals surface area (Å²) >= 11 is 1.78. The van der Waals surface area contributed by atoms with Gasteiger partial charge in [-0.3, -0.25) is 0 Å². The molecular weight excluding hydrogens is 366 g/mol. The first-order valence-electron chi connectivity index (χ1n) is 10.2. The highest BCUT2D eigenvalue weighted by atomic mass is 32.1. The van der Waals surface area contributed by atoms with E-state index < -0.39 is 0 Å². The molecule has 2 aliphatic rings. The van der Waals surface area contributed by atoms with Crippen LogP contribution in [0.3, 0.4) is 0 Å². The molecule has 2 heterocycles. The van der Waals surface area contributed by atoms with Crippen molar-refractivity contribution in [2.75, 3.05) is 12.4 Å². The van der Waals surface area contributed by atoms with Crippen molar-refractivity contribution < 1.29 is 4.74 Å². The standard InChI is InChI=1S/C23H27N3OS/c1-14-7-23(25-20-4-3-17(27-2)11-18(14)20)26-22-10-16-8-19(22)21(9-16)24-12-15-5-6-28-13-15/h3-7,11,13,16,19,21-22,24H,8-10,12H2,1-2H3,(H,25,26)/t16-,19+,21-,22-/m0/s1. The van der Waals surface area contributed by atoms with Crippen LogP contribution in [0.4, 0.5) is 5.82 Å². The molecule has 146 valence electrons. The Balaban J connectivity index is 1.30. The van der Waals surface area contributed by atoms with Crippen LogP contribution in [0.25, 0.3) is 10.9 Å². The van der Waals surface area contributed by atoms with Gasteiger partial charge in [-0.15, -0.1) is 0 Å². The smallest absolute Gasteiger partial charge is 0.127 e. The zero-order valence-corrected chi connectivity index (χ0v) is 17.3. The molecule has 2 aromatic heterocycles. The second kappa shape index (κ2) is 7.37. The van der Waals surface area contributed by atoms with E-state index >= 15 is 0 Å². The zero-order valence-electron chi connectivity index (χ0n) is 16.4. The Morgan fingerprint density at radius 1 is 1.14 bits per heavy atom.